The van der Waals surface area contributed by atoms with Crippen LogP contribution in [0.15, 0.2) is 206 Å². The monoisotopic (exact) mass is 884 g/mol. The third-order valence-electron chi connectivity index (χ3n) is 14.7. The minimum atomic E-state index is -0.717. The summed E-state index contributed by atoms with van der Waals surface area (Å²) in [5.74, 6) is 0.770. The molecule has 4 heteroatoms. The van der Waals surface area contributed by atoms with Crippen molar-refractivity contribution in [3.05, 3.63) is 251 Å². The summed E-state index contributed by atoms with van der Waals surface area (Å²) in [6.45, 7) is 8.93. The van der Waals surface area contributed by atoms with Gasteiger partial charge in [-0.25, -0.2) is 0 Å². The molecule has 10 aromatic carbocycles. The van der Waals surface area contributed by atoms with Gasteiger partial charge in [-0.3, -0.25) is 0 Å². The standard InChI is InChI=1S/C65H48N4/c1-41(2)45-25-33-49(34-26-45)68(47-29-21-43(39-66)22-30-47)61-37-59-63(55-17-7-5-15-53(55)61)64-56-18-8-6-16-54(56)62(38-60(64)65(59)57-19-11-9-13-51(57)52-14-10-12-20-58(52)65)69(48-31-23-44(40-67)24-32-48)50-35-27-46(28-36-50)42(3)4/h5-38,41-42H,1-4H3. The Kier molecular flexibility index (Phi) is 9.84. The molecule has 0 bridgehead atoms. The van der Waals surface area contributed by atoms with Gasteiger partial charge in [-0.1, -0.05) is 149 Å². The molecule has 2 aliphatic carbocycles. The first-order valence-electron chi connectivity index (χ1n) is 23.9. The Bertz CT molecular complexity index is 3490. The lowest BCUT2D eigenvalue weighted by atomic mass is 9.70. The van der Waals surface area contributed by atoms with Crippen LogP contribution in [0.4, 0.5) is 34.1 Å². The first-order valence-corrected chi connectivity index (χ1v) is 23.9. The van der Waals surface area contributed by atoms with Gasteiger partial charge in [0.05, 0.1) is 40.1 Å². The molecule has 4 nitrogen and oxygen atoms in total. The lowest BCUT2D eigenvalue weighted by molar-refractivity contribution is 0.795. The number of nitrogens with zero attached hydrogens (tertiary/aromatic N) is 4. The van der Waals surface area contributed by atoms with Crippen LogP contribution in [0.25, 0.3) is 43.8 Å². The zero-order chi connectivity index (χ0) is 47.0. The largest absolute Gasteiger partial charge is 0.310 e. The molecule has 0 fully saturated rings. The highest BCUT2D eigenvalue weighted by molar-refractivity contribution is 6.19. The first kappa shape index (κ1) is 41.7. The topological polar surface area (TPSA) is 54.1 Å². The average molecular weight is 885 g/mol. The maximum Gasteiger partial charge on any atom is 0.0991 e. The minimum absolute atomic E-state index is 0.385. The number of rotatable bonds is 8. The highest BCUT2D eigenvalue weighted by Gasteiger charge is 2.53. The normalized spacial score (nSPS) is 12.7. The van der Waals surface area contributed by atoms with E-state index in [0.717, 1.165) is 44.9 Å². The lowest BCUT2D eigenvalue weighted by Gasteiger charge is -2.34. The molecule has 12 rings (SSSR count). The quantitative estimate of drug-likeness (QED) is 0.153. The SMILES string of the molecule is CC(C)c1ccc(N(c2ccc(C#N)cc2)c2cc3c(c4ccccc24)-c2c(cc(N(c4ccc(C#N)cc4)c4ccc(C(C)C)cc4)c4ccccc24)C32c3ccccc3-c3ccccc32)cc1. The molecule has 0 amide bonds. The van der Waals surface area contributed by atoms with Crippen LogP contribution in [0.5, 0.6) is 0 Å². The van der Waals surface area contributed by atoms with E-state index in [9.17, 15) is 10.5 Å². The van der Waals surface area contributed by atoms with Crippen LogP contribution < -0.4 is 9.80 Å². The second kappa shape index (κ2) is 16.3. The van der Waals surface area contributed by atoms with Crippen molar-refractivity contribution in [1.29, 1.82) is 10.5 Å². The van der Waals surface area contributed by atoms with E-state index in [1.807, 2.05) is 24.3 Å². The average Bonchev–Trinajstić information content (AvgIpc) is 3.87. The summed E-state index contributed by atoms with van der Waals surface area (Å²) in [7, 11) is 0. The van der Waals surface area contributed by atoms with Crippen molar-refractivity contribution in [2.45, 2.75) is 44.9 Å². The van der Waals surface area contributed by atoms with Crippen LogP contribution in [-0.2, 0) is 5.41 Å². The number of fused-ring (bicyclic) bond motifs is 14. The number of hydrogen-bond acceptors (Lipinski definition) is 4. The zero-order valence-electron chi connectivity index (χ0n) is 39.1. The lowest BCUT2D eigenvalue weighted by Crippen LogP contribution is -2.26. The van der Waals surface area contributed by atoms with E-state index in [0.29, 0.717) is 23.0 Å². The van der Waals surface area contributed by atoms with Crippen LogP contribution in [0.2, 0.25) is 0 Å². The Morgan fingerprint density at radius 2 is 0.681 bits per heavy atom. The maximum absolute atomic E-state index is 9.93. The fraction of sp³-hybridized carbons (Fsp3) is 0.108. The van der Waals surface area contributed by atoms with E-state index in [4.69, 9.17) is 0 Å². The van der Waals surface area contributed by atoms with Crippen molar-refractivity contribution in [1.82, 2.24) is 0 Å². The maximum atomic E-state index is 9.93. The van der Waals surface area contributed by atoms with E-state index < -0.39 is 5.41 Å². The molecule has 0 radical (unpaired) electrons. The molecule has 0 aromatic heterocycles. The van der Waals surface area contributed by atoms with E-state index in [1.54, 1.807) is 0 Å². The summed E-state index contributed by atoms with van der Waals surface area (Å²) >= 11 is 0. The fourth-order valence-corrected chi connectivity index (χ4v) is 11.4. The molecule has 0 saturated carbocycles. The first-order chi connectivity index (χ1) is 33.8. The summed E-state index contributed by atoms with van der Waals surface area (Å²) in [6.07, 6.45) is 0. The molecule has 1 spiro atoms. The molecule has 69 heavy (non-hydrogen) atoms. The van der Waals surface area contributed by atoms with Crippen LogP contribution in [0, 0.1) is 22.7 Å². The van der Waals surface area contributed by atoms with Crippen molar-refractivity contribution in [3.63, 3.8) is 0 Å². The van der Waals surface area contributed by atoms with Gasteiger partial charge >= 0.3 is 0 Å². The van der Waals surface area contributed by atoms with Crippen molar-refractivity contribution < 1.29 is 0 Å². The van der Waals surface area contributed by atoms with E-state index in [-0.39, 0.29) is 0 Å². The Morgan fingerprint density at radius 3 is 1.03 bits per heavy atom. The van der Waals surface area contributed by atoms with Gasteiger partial charge in [0.1, 0.15) is 0 Å². The zero-order valence-corrected chi connectivity index (χ0v) is 39.1. The van der Waals surface area contributed by atoms with Gasteiger partial charge in [-0.15, -0.1) is 0 Å². The molecule has 0 N–H and O–H groups in total. The number of hydrogen-bond donors (Lipinski definition) is 0. The third kappa shape index (κ3) is 6.34. The van der Waals surface area contributed by atoms with Crippen LogP contribution in [0.1, 0.15) is 84.0 Å². The van der Waals surface area contributed by atoms with E-state index >= 15 is 0 Å². The molecule has 0 heterocycles. The summed E-state index contributed by atoms with van der Waals surface area (Å²) in [5.41, 5.74) is 19.2. The Balaban J connectivity index is 1.23. The highest BCUT2D eigenvalue weighted by atomic mass is 15.2. The predicted molar refractivity (Wildman–Crippen MR) is 285 cm³/mol. The Labute approximate surface area is 404 Å². The van der Waals surface area contributed by atoms with Crippen molar-refractivity contribution in [2.75, 3.05) is 9.80 Å². The van der Waals surface area contributed by atoms with Crippen LogP contribution >= 0.6 is 0 Å². The van der Waals surface area contributed by atoms with Gasteiger partial charge in [0, 0.05) is 33.5 Å². The van der Waals surface area contributed by atoms with Gasteiger partial charge in [0.25, 0.3) is 0 Å². The predicted octanol–water partition coefficient (Wildman–Crippen LogP) is 17.3. The summed E-state index contributed by atoms with van der Waals surface area (Å²) in [4.78, 5) is 4.77. The molecule has 2 aliphatic rings. The van der Waals surface area contributed by atoms with Crippen molar-refractivity contribution in [3.8, 4) is 34.4 Å². The molecular weight excluding hydrogens is 837 g/mol. The molecule has 0 saturated heterocycles. The smallest absolute Gasteiger partial charge is 0.0991 e. The van der Waals surface area contributed by atoms with E-state index in [2.05, 4.69) is 232 Å². The van der Waals surface area contributed by atoms with Gasteiger partial charge in [-0.05, 0) is 163 Å². The Hall–Kier alpha value is -8.70. The highest BCUT2D eigenvalue weighted by Crippen LogP contribution is 2.67. The van der Waals surface area contributed by atoms with Crippen molar-refractivity contribution >= 4 is 55.7 Å². The molecular formula is C65H48N4. The molecule has 0 unspecified atom stereocenters. The van der Waals surface area contributed by atoms with E-state index in [1.165, 1.54) is 66.4 Å². The second-order valence-corrected chi connectivity index (χ2v) is 19.0. The molecule has 0 atom stereocenters. The van der Waals surface area contributed by atoms with Crippen LogP contribution in [-0.4, -0.2) is 0 Å². The number of nitriles is 2. The fourth-order valence-electron chi connectivity index (χ4n) is 11.4. The number of anilines is 6. The van der Waals surface area contributed by atoms with Crippen LogP contribution in [0.3, 0.4) is 0 Å². The third-order valence-corrected chi connectivity index (χ3v) is 14.7. The van der Waals surface area contributed by atoms with Gasteiger partial charge in [-0.2, -0.15) is 10.5 Å². The Morgan fingerprint density at radius 1 is 0.362 bits per heavy atom. The number of benzene rings is 10. The van der Waals surface area contributed by atoms with Gasteiger partial charge < -0.3 is 9.80 Å². The molecule has 0 aliphatic heterocycles. The van der Waals surface area contributed by atoms with Gasteiger partial charge in [0.15, 0.2) is 0 Å². The summed E-state index contributed by atoms with van der Waals surface area (Å²) in [6, 6.07) is 79.5. The molecule has 10 aromatic rings. The summed E-state index contributed by atoms with van der Waals surface area (Å²) < 4.78 is 0. The van der Waals surface area contributed by atoms with Crippen molar-refractivity contribution in [2.24, 2.45) is 0 Å². The minimum Gasteiger partial charge on any atom is -0.310 e. The summed E-state index contributed by atoms with van der Waals surface area (Å²) in [5, 5.41) is 24.5. The van der Waals surface area contributed by atoms with Gasteiger partial charge in [0.2, 0.25) is 0 Å². The molecule has 328 valence electrons. The second-order valence-electron chi connectivity index (χ2n) is 19.0.